The van der Waals surface area contributed by atoms with Crippen molar-refractivity contribution in [3.05, 3.63) is 34.9 Å². The molecule has 2 nitrogen and oxygen atoms in total. The topological polar surface area (TPSA) is 37.3 Å². The fraction of sp³-hybridized carbons (Fsp3) is 0.611. The quantitative estimate of drug-likeness (QED) is 0.733. The maximum atomic E-state index is 12.2. The van der Waals surface area contributed by atoms with Gasteiger partial charge < -0.3 is 5.11 Å². The Balaban J connectivity index is 1.82. The smallest absolute Gasteiger partial charge is 0.142 e. The first-order chi connectivity index (χ1) is 9.59. The summed E-state index contributed by atoms with van der Waals surface area (Å²) in [4.78, 5) is 12.2. The van der Waals surface area contributed by atoms with E-state index in [1.54, 1.807) is 0 Å². The van der Waals surface area contributed by atoms with E-state index in [9.17, 15) is 9.90 Å². The Morgan fingerprint density at radius 1 is 1.20 bits per heavy atom. The number of carbonyl (C=O) groups excluding carboxylic acids is 1. The zero-order chi connectivity index (χ0) is 13.9. The van der Waals surface area contributed by atoms with Crippen molar-refractivity contribution in [2.45, 2.75) is 51.6 Å². The first-order valence-electron chi connectivity index (χ1n) is 7.94. The standard InChI is InChI=1S/C18H22O2/c1-18-9-8-14-13-5-3-12(19)10-11(13)2-4-15(14)16(18)6-7-17(18)20/h8-10,12,15-16,19H,2-7H2,1H3/t12-,15+,16-,18-/m0/s1. The largest absolute Gasteiger partial charge is 0.389 e. The van der Waals surface area contributed by atoms with Crippen molar-refractivity contribution in [2.75, 3.05) is 0 Å². The van der Waals surface area contributed by atoms with Crippen LogP contribution in [-0.4, -0.2) is 17.0 Å². The predicted octanol–water partition coefficient (Wildman–Crippen LogP) is 3.33. The van der Waals surface area contributed by atoms with Gasteiger partial charge in [0.1, 0.15) is 5.78 Å². The van der Waals surface area contributed by atoms with Crippen molar-refractivity contribution in [3.63, 3.8) is 0 Å². The molecular weight excluding hydrogens is 248 g/mol. The minimum atomic E-state index is -0.253. The molecule has 4 aliphatic rings. The van der Waals surface area contributed by atoms with E-state index < -0.39 is 0 Å². The molecule has 0 bridgehead atoms. The van der Waals surface area contributed by atoms with Crippen LogP contribution in [0.4, 0.5) is 0 Å². The third-order valence-corrected chi connectivity index (χ3v) is 6.09. The van der Waals surface area contributed by atoms with Crippen LogP contribution in [0.3, 0.4) is 0 Å². The minimum Gasteiger partial charge on any atom is -0.389 e. The highest BCUT2D eigenvalue weighted by Gasteiger charge is 2.51. The molecule has 4 atom stereocenters. The molecule has 1 saturated carbocycles. The van der Waals surface area contributed by atoms with Crippen molar-refractivity contribution in [2.24, 2.45) is 17.3 Å². The lowest BCUT2D eigenvalue weighted by atomic mass is 9.61. The fourth-order valence-electron chi connectivity index (χ4n) is 4.93. The first-order valence-corrected chi connectivity index (χ1v) is 7.94. The number of Topliss-reactive ketones (excluding diaryl/α,β-unsaturated/α-hetero) is 1. The molecule has 0 aromatic heterocycles. The first kappa shape index (κ1) is 12.6. The Morgan fingerprint density at radius 2 is 2.05 bits per heavy atom. The molecule has 0 aromatic carbocycles. The summed E-state index contributed by atoms with van der Waals surface area (Å²) in [7, 11) is 0. The summed E-state index contributed by atoms with van der Waals surface area (Å²) >= 11 is 0. The summed E-state index contributed by atoms with van der Waals surface area (Å²) in [6.45, 7) is 2.14. The number of rotatable bonds is 0. The molecule has 106 valence electrons. The van der Waals surface area contributed by atoms with E-state index in [-0.39, 0.29) is 11.5 Å². The summed E-state index contributed by atoms with van der Waals surface area (Å²) in [5, 5.41) is 9.81. The normalized spacial score (nSPS) is 43.0. The SMILES string of the molecule is C[C@]12C=CC3=C4CC[C@H](O)C=C4CC[C@H]3[C@@H]1CCC2=O. The Labute approximate surface area is 120 Å². The fourth-order valence-corrected chi connectivity index (χ4v) is 4.93. The van der Waals surface area contributed by atoms with Crippen molar-refractivity contribution < 1.29 is 9.90 Å². The Kier molecular flexibility index (Phi) is 2.62. The number of carbonyl (C=O) groups is 1. The summed E-state index contributed by atoms with van der Waals surface area (Å²) < 4.78 is 0. The second kappa shape index (κ2) is 4.17. The van der Waals surface area contributed by atoms with Gasteiger partial charge in [0.2, 0.25) is 0 Å². The van der Waals surface area contributed by atoms with Gasteiger partial charge in [-0.05, 0) is 67.6 Å². The lowest BCUT2D eigenvalue weighted by Gasteiger charge is -2.43. The van der Waals surface area contributed by atoms with Crippen LogP contribution in [0.1, 0.15) is 45.4 Å². The monoisotopic (exact) mass is 270 g/mol. The maximum Gasteiger partial charge on any atom is 0.142 e. The third kappa shape index (κ3) is 1.57. The molecule has 0 unspecified atom stereocenters. The number of aliphatic hydroxyl groups excluding tert-OH is 1. The van der Waals surface area contributed by atoms with E-state index in [1.165, 1.54) is 16.7 Å². The number of hydrogen-bond donors (Lipinski definition) is 1. The van der Waals surface area contributed by atoms with Crippen molar-refractivity contribution in [1.29, 1.82) is 0 Å². The van der Waals surface area contributed by atoms with E-state index in [0.29, 0.717) is 17.6 Å². The van der Waals surface area contributed by atoms with E-state index in [0.717, 1.165) is 38.5 Å². The number of allylic oxidation sites excluding steroid dienone is 5. The van der Waals surface area contributed by atoms with E-state index in [4.69, 9.17) is 0 Å². The van der Waals surface area contributed by atoms with Crippen LogP contribution in [0.25, 0.3) is 0 Å². The van der Waals surface area contributed by atoms with Crippen LogP contribution in [0, 0.1) is 17.3 Å². The molecular formula is C18H22O2. The molecule has 0 aliphatic heterocycles. The second-order valence-corrected chi connectivity index (χ2v) is 7.06. The molecule has 0 aromatic rings. The van der Waals surface area contributed by atoms with Gasteiger partial charge in [-0.1, -0.05) is 18.2 Å². The minimum absolute atomic E-state index is 0.204. The zero-order valence-electron chi connectivity index (χ0n) is 12.1. The van der Waals surface area contributed by atoms with Crippen LogP contribution in [0.5, 0.6) is 0 Å². The van der Waals surface area contributed by atoms with Crippen molar-refractivity contribution in [3.8, 4) is 0 Å². The number of ketones is 1. The molecule has 1 N–H and O–H groups in total. The van der Waals surface area contributed by atoms with Gasteiger partial charge in [0, 0.05) is 11.8 Å². The molecule has 1 fully saturated rings. The molecule has 0 radical (unpaired) electrons. The highest BCUT2D eigenvalue weighted by Crippen LogP contribution is 2.55. The number of hydrogen-bond acceptors (Lipinski definition) is 2. The summed E-state index contributed by atoms with van der Waals surface area (Å²) in [6, 6.07) is 0. The lowest BCUT2D eigenvalue weighted by Crippen LogP contribution is -2.37. The van der Waals surface area contributed by atoms with Crippen LogP contribution in [-0.2, 0) is 4.79 Å². The average molecular weight is 270 g/mol. The van der Waals surface area contributed by atoms with E-state index in [1.807, 2.05) is 0 Å². The maximum absolute atomic E-state index is 12.2. The van der Waals surface area contributed by atoms with Gasteiger partial charge in [-0.2, -0.15) is 0 Å². The Hall–Kier alpha value is -1.15. The van der Waals surface area contributed by atoms with Crippen molar-refractivity contribution >= 4 is 5.78 Å². The molecule has 0 amide bonds. The highest BCUT2D eigenvalue weighted by atomic mass is 16.3. The van der Waals surface area contributed by atoms with Gasteiger partial charge in [-0.3, -0.25) is 4.79 Å². The van der Waals surface area contributed by atoms with Gasteiger partial charge in [-0.25, -0.2) is 0 Å². The molecule has 4 rings (SSSR count). The predicted molar refractivity (Wildman–Crippen MR) is 78.1 cm³/mol. The van der Waals surface area contributed by atoms with Crippen LogP contribution >= 0.6 is 0 Å². The summed E-state index contributed by atoms with van der Waals surface area (Å²) in [5.74, 6) is 1.51. The molecule has 0 saturated heterocycles. The number of fused-ring (bicyclic) bond motifs is 4. The zero-order valence-corrected chi connectivity index (χ0v) is 12.1. The highest BCUT2D eigenvalue weighted by molar-refractivity contribution is 5.89. The molecule has 4 aliphatic carbocycles. The van der Waals surface area contributed by atoms with Crippen LogP contribution < -0.4 is 0 Å². The molecule has 20 heavy (non-hydrogen) atoms. The molecule has 0 heterocycles. The van der Waals surface area contributed by atoms with Gasteiger partial charge >= 0.3 is 0 Å². The van der Waals surface area contributed by atoms with Crippen LogP contribution in [0.15, 0.2) is 34.9 Å². The molecule has 2 heteroatoms. The van der Waals surface area contributed by atoms with Gasteiger partial charge in [0.05, 0.1) is 6.10 Å². The van der Waals surface area contributed by atoms with Crippen molar-refractivity contribution in [1.82, 2.24) is 0 Å². The van der Waals surface area contributed by atoms with Gasteiger partial charge in [-0.15, -0.1) is 0 Å². The third-order valence-electron chi connectivity index (χ3n) is 6.09. The van der Waals surface area contributed by atoms with Gasteiger partial charge in [0.25, 0.3) is 0 Å². The van der Waals surface area contributed by atoms with E-state index in [2.05, 4.69) is 25.2 Å². The lowest BCUT2D eigenvalue weighted by molar-refractivity contribution is -0.124. The Bertz CT molecular complexity index is 566. The molecule has 0 spiro atoms. The average Bonchev–Trinajstić information content (AvgIpc) is 2.74. The number of aliphatic hydroxyl groups is 1. The summed E-state index contributed by atoms with van der Waals surface area (Å²) in [5.41, 5.74) is 4.12. The second-order valence-electron chi connectivity index (χ2n) is 7.06. The van der Waals surface area contributed by atoms with Gasteiger partial charge in [0.15, 0.2) is 0 Å². The van der Waals surface area contributed by atoms with Crippen LogP contribution in [0.2, 0.25) is 0 Å². The Morgan fingerprint density at radius 3 is 2.90 bits per heavy atom. The van der Waals surface area contributed by atoms with E-state index >= 15 is 0 Å². The summed E-state index contributed by atoms with van der Waals surface area (Å²) in [6.07, 6.45) is 12.1.